The Kier molecular flexibility index (Phi) is 5.58. The van der Waals surface area contributed by atoms with Crippen molar-refractivity contribution in [2.75, 3.05) is 13.1 Å². The number of benzene rings is 1. The lowest BCUT2D eigenvalue weighted by Crippen LogP contribution is -2.51. The predicted octanol–water partition coefficient (Wildman–Crippen LogP) is 2.71. The van der Waals surface area contributed by atoms with Crippen LogP contribution in [0.1, 0.15) is 25.3 Å². The van der Waals surface area contributed by atoms with Crippen molar-refractivity contribution in [2.45, 2.75) is 42.4 Å². The van der Waals surface area contributed by atoms with Gasteiger partial charge in [-0.15, -0.1) is 24.2 Å². The van der Waals surface area contributed by atoms with Gasteiger partial charge in [-0.05, 0) is 36.8 Å². The third-order valence-corrected chi connectivity index (χ3v) is 5.76. The minimum Gasteiger partial charge on any atom is -0.337 e. The van der Waals surface area contributed by atoms with Crippen molar-refractivity contribution in [3.05, 3.63) is 29.8 Å². The maximum absolute atomic E-state index is 12.8. The molecule has 0 radical (unpaired) electrons. The zero-order chi connectivity index (χ0) is 14.1. The average molecular weight is 327 g/mol. The zero-order valence-corrected chi connectivity index (χ0v) is 14.0. The molecular formula is C16H23ClN2OS. The van der Waals surface area contributed by atoms with Crippen LogP contribution in [0.5, 0.6) is 0 Å². The second-order valence-corrected chi connectivity index (χ2v) is 7.21. The summed E-state index contributed by atoms with van der Waals surface area (Å²) < 4.78 is 0. The zero-order valence-electron chi connectivity index (χ0n) is 12.3. The highest BCUT2D eigenvalue weighted by molar-refractivity contribution is 8.01. The molecule has 1 fully saturated rings. The van der Waals surface area contributed by atoms with Crippen LogP contribution in [0, 0.1) is 5.92 Å². The molecule has 5 heteroatoms. The Labute approximate surface area is 137 Å². The summed E-state index contributed by atoms with van der Waals surface area (Å²) in [6, 6.07) is 8.58. The molecule has 3 rings (SSSR count). The molecule has 1 amide bonds. The number of hydrogen-bond acceptors (Lipinski definition) is 3. The number of carbonyl (C=O) groups excluding carboxylic acids is 1. The number of carbonyl (C=O) groups is 1. The van der Waals surface area contributed by atoms with Crippen LogP contribution in [0.3, 0.4) is 0 Å². The Balaban J connectivity index is 0.00000161. The molecule has 1 saturated heterocycles. The minimum absolute atomic E-state index is 0. The molecule has 2 N–H and O–H groups in total. The average Bonchev–Trinajstić information content (AvgIpc) is 2.90. The standard InChI is InChI=1S/C16H22N2OS.ClH/c1-11-6-7-18(13(8-11)10-17)16(19)15-9-12-4-2-3-5-14(12)20-15;/h2-5,11,13,15H,6-10,17H2,1H3;1H. The Morgan fingerprint density at radius 2 is 2.19 bits per heavy atom. The highest BCUT2D eigenvalue weighted by Gasteiger charge is 2.36. The summed E-state index contributed by atoms with van der Waals surface area (Å²) >= 11 is 1.72. The van der Waals surface area contributed by atoms with E-state index in [0.29, 0.717) is 12.5 Å². The van der Waals surface area contributed by atoms with Crippen molar-refractivity contribution in [1.82, 2.24) is 4.90 Å². The molecule has 3 nitrogen and oxygen atoms in total. The summed E-state index contributed by atoms with van der Waals surface area (Å²) in [5.74, 6) is 0.967. The first kappa shape index (κ1) is 16.7. The number of likely N-dealkylation sites (tertiary alicyclic amines) is 1. The largest absolute Gasteiger partial charge is 0.337 e. The van der Waals surface area contributed by atoms with E-state index in [1.165, 1.54) is 10.5 Å². The summed E-state index contributed by atoms with van der Waals surface area (Å²) in [7, 11) is 0. The van der Waals surface area contributed by atoms with Gasteiger partial charge in [-0.2, -0.15) is 0 Å². The van der Waals surface area contributed by atoms with Gasteiger partial charge in [0.2, 0.25) is 5.91 Å². The fraction of sp³-hybridized carbons (Fsp3) is 0.562. The van der Waals surface area contributed by atoms with Gasteiger partial charge in [-0.3, -0.25) is 4.79 Å². The number of halogens is 1. The SMILES string of the molecule is CC1CCN(C(=O)C2Cc3ccccc3S2)C(CN)C1.Cl. The number of rotatable bonds is 2. The summed E-state index contributed by atoms with van der Waals surface area (Å²) in [5.41, 5.74) is 7.19. The first-order valence-corrected chi connectivity index (χ1v) is 8.32. The fourth-order valence-electron chi connectivity index (χ4n) is 3.27. The van der Waals surface area contributed by atoms with Crippen LogP contribution in [-0.2, 0) is 11.2 Å². The number of thioether (sulfide) groups is 1. The summed E-state index contributed by atoms with van der Waals surface area (Å²) in [6.45, 7) is 3.71. The third kappa shape index (κ3) is 3.38. The topological polar surface area (TPSA) is 46.3 Å². The van der Waals surface area contributed by atoms with Crippen LogP contribution < -0.4 is 5.73 Å². The van der Waals surface area contributed by atoms with Crippen LogP contribution in [0.15, 0.2) is 29.2 Å². The minimum atomic E-state index is 0. The Hall–Kier alpha value is -0.710. The molecular weight excluding hydrogens is 304 g/mol. The van der Waals surface area contributed by atoms with Gasteiger partial charge in [-0.25, -0.2) is 0 Å². The van der Waals surface area contributed by atoms with Gasteiger partial charge in [0.1, 0.15) is 0 Å². The monoisotopic (exact) mass is 326 g/mol. The molecule has 0 bridgehead atoms. The first-order valence-electron chi connectivity index (χ1n) is 7.44. The quantitative estimate of drug-likeness (QED) is 0.909. The number of hydrogen-bond donors (Lipinski definition) is 1. The Morgan fingerprint density at radius 3 is 2.90 bits per heavy atom. The predicted molar refractivity (Wildman–Crippen MR) is 90.0 cm³/mol. The normalized spacial score (nSPS) is 27.9. The van der Waals surface area contributed by atoms with E-state index < -0.39 is 0 Å². The van der Waals surface area contributed by atoms with Gasteiger partial charge in [0.15, 0.2) is 0 Å². The van der Waals surface area contributed by atoms with Crippen LogP contribution in [0.25, 0.3) is 0 Å². The number of nitrogens with two attached hydrogens (primary N) is 1. The third-order valence-electron chi connectivity index (χ3n) is 4.46. The molecule has 2 aliphatic rings. The van der Waals surface area contributed by atoms with Gasteiger partial charge in [0, 0.05) is 24.0 Å². The fourth-order valence-corrected chi connectivity index (χ4v) is 4.54. The van der Waals surface area contributed by atoms with Crippen molar-refractivity contribution in [1.29, 1.82) is 0 Å². The highest BCUT2D eigenvalue weighted by Crippen LogP contribution is 2.38. The van der Waals surface area contributed by atoms with E-state index in [2.05, 4.69) is 25.1 Å². The molecule has 3 atom stereocenters. The Morgan fingerprint density at radius 1 is 1.43 bits per heavy atom. The van der Waals surface area contributed by atoms with Gasteiger partial charge in [-0.1, -0.05) is 25.1 Å². The molecule has 2 heterocycles. The summed E-state index contributed by atoms with van der Waals surface area (Å²) in [6.07, 6.45) is 3.02. The molecule has 0 spiro atoms. The molecule has 1 aromatic rings. The lowest BCUT2D eigenvalue weighted by Gasteiger charge is -2.39. The lowest BCUT2D eigenvalue weighted by molar-refractivity contribution is -0.134. The second kappa shape index (κ2) is 7.03. The van der Waals surface area contributed by atoms with E-state index in [0.717, 1.165) is 25.8 Å². The van der Waals surface area contributed by atoms with E-state index in [-0.39, 0.29) is 29.6 Å². The highest BCUT2D eigenvalue weighted by atomic mass is 35.5. The van der Waals surface area contributed by atoms with Gasteiger partial charge < -0.3 is 10.6 Å². The molecule has 0 aromatic heterocycles. The second-order valence-electron chi connectivity index (χ2n) is 5.97. The smallest absolute Gasteiger partial charge is 0.236 e. The van der Waals surface area contributed by atoms with E-state index in [4.69, 9.17) is 5.73 Å². The molecule has 0 saturated carbocycles. The number of piperidine rings is 1. The molecule has 0 aliphatic carbocycles. The first-order chi connectivity index (χ1) is 9.69. The molecule has 2 aliphatic heterocycles. The summed E-state index contributed by atoms with van der Waals surface area (Å²) in [4.78, 5) is 16.1. The Bertz CT molecular complexity index is 486. The van der Waals surface area contributed by atoms with E-state index >= 15 is 0 Å². The van der Waals surface area contributed by atoms with Crippen LogP contribution in [0.2, 0.25) is 0 Å². The van der Waals surface area contributed by atoms with Crippen LogP contribution >= 0.6 is 24.2 Å². The van der Waals surface area contributed by atoms with Gasteiger partial charge >= 0.3 is 0 Å². The molecule has 3 unspecified atom stereocenters. The lowest BCUT2D eigenvalue weighted by atomic mass is 9.92. The number of nitrogens with zero attached hydrogens (tertiary/aromatic N) is 1. The van der Waals surface area contributed by atoms with Gasteiger partial charge in [0.25, 0.3) is 0 Å². The van der Waals surface area contributed by atoms with Crippen molar-refractivity contribution < 1.29 is 4.79 Å². The number of fused-ring (bicyclic) bond motifs is 1. The maximum atomic E-state index is 12.8. The van der Waals surface area contributed by atoms with Crippen molar-refractivity contribution >= 4 is 30.1 Å². The van der Waals surface area contributed by atoms with Crippen LogP contribution in [0.4, 0.5) is 0 Å². The molecule has 21 heavy (non-hydrogen) atoms. The molecule has 116 valence electrons. The van der Waals surface area contributed by atoms with Crippen molar-refractivity contribution in [3.63, 3.8) is 0 Å². The van der Waals surface area contributed by atoms with Crippen molar-refractivity contribution in [3.8, 4) is 0 Å². The summed E-state index contributed by atoms with van der Waals surface area (Å²) in [5, 5.41) is 0.0508. The number of amides is 1. The van der Waals surface area contributed by atoms with E-state index in [9.17, 15) is 4.79 Å². The van der Waals surface area contributed by atoms with Crippen LogP contribution in [-0.4, -0.2) is 35.2 Å². The maximum Gasteiger partial charge on any atom is 0.236 e. The van der Waals surface area contributed by atoms with Gasteiger partial charge in [0.05, 0.1) is 5.25 Å². The van der Waals surface area contributed by atoms with Crippen molar-refractivity contribution in [2.24, 2.45) is 11.7 Å². The molecule has 1 aromatic carbocycles. The van der Waals surface area contributed by atoms with E-state index in [1.807, 2.05) is 11.0 Å². The van der Waals surface area contributed by atoms with E-state index in [1.54, 1.807) is 11.8 Å².